The highest BCUT2D eigenvalue weighted by molar-refractivity contribution is 5.75. The van der Waals surface area contributed by atoms with Crippen LogP contribution < -0.4 is 0 Å². The van der Waals surface area contributed by atoms with E-state index in [1.165, 1.54) is 5.56 Å². The quantitative estimate of drug-likeness (QED) is 0.851. The fourth-order valence-corrected chi connectivity index (χ4v) is 2.50. The summed E-state index contributed by atoms with van der Waals surface area (Å²) < 4.78 is 0. The minimum atomic E-state index is -0.691. The maximum atomic E-state index is 10.9. The number of carboxylic acid groups (broad SMARTS) is 1. The first-order valence-electron chi connectivity index (χ1n) is 7.05. The van der Waals surface area contributed by atoms with Gasteiger partial charge in [-0.15, -0.1) is 0 Å². The first kappa shape index (κ1) is 13.5. The van der Waals surface area contributed by atoms with Crippen molar-refractivity contribution in [2.45, 2.75) is 19.3 Å². The molecule has 0 aromatic heterocycles. The van der Waals surface area contributed by atoms with E-state index in [9.17, 15) is 4.79 Å². The third kappa shape index (κ3) is 2.98. The lowest BCUT2D eigenvalue weighted by atomic mass is 10.1. The fourth-order valence-electron chi connectivity index (χ4n) is 2.50. The third-order valence-electron chi connectivity index (χ3n) is 3.93. The van der Waals surface area contributed by atoms with E-state index in [-0.39, 0.29) is 11.8 Å². The predicted molar refractivity (Wildman–Crippen MR) is 82.1 cm³/mol. The number of aryl methyl sites for hydroxylation is 1. The zero-order valence-electron chi connectivity index (χ0n) is 11.8. The summed E-state index contributed by atoms with van der Waals surface area (Å²) in [7, 11) is 0. The van der Waals surface area contributed by atoms with Gasteiger partial charge in [0.2, 0.25) is 0 Å². The van der Waals surface area contributed by atoms with Gasteiger partial charge in [-0.05, 0) is 48.6 Å². The normalized spacial score (nSPS) is 19.5. The predicted octanol–water partition coefficient (Wildman–Crippen LogP) is 3.58. The van der Waals surface area contributed by atoms with Crippen molar-refractivity contribution in [1.82, 2.24) is 0 Å². The average molecular weight is 276 g/mol. The fraction of sp³-hybridized carbons (Fsp3) is 0.211. The Bertz CT molecular complexity index is 732. The minimum Gasteiger partial charge on any atom is -0.481 e. The van der Waals surface area contributed by atoms with Crippen LogP contribution in [0.15, 0.2) is 48.5 Å². The van der Waals surface area contributed by atoms with Crippen molar-refractivity contribution in [3.05, 3.63) is 70.8 Å². The van der Waals surface area contributed by atoms with Crippen LogP contribution in [0.5, 0.6) is 0 Å². The van der Waals surface area contributed by atoms with Crippen molar-refractivity contribution >= 4 is 5.97 Å². The molecule has 2 atom stereocenters. The maximum Gasteiger partial charge on any atom is 0.307 e. The Labute approximate surface area is 124 Å². The van der Waals surface area contributed by atoms with Crippen LogP contribution in [-0.4, -0.2) is 11.1 Å². The van der Waals surface area contributed by atoms with Crippen LogP contribution in [0.1, 0.15) is 34.6 Å². The lowest BCUT2D eigenvalue weighted by molar-refractivity contribution is -0.138. The van der Waals surface area contributed by atoms with Crippen molar-refractivity contribution in [2.75, 3.05) is 0 Å². The molecule has 1 fully saturated rings. The molecule has 0 radical (unpaired) electrons. The molecule has 2 aromatic rings. The van der Waals surface area contributed by atoms with E-state index in [4.69, 9.17) is 5.11 Å². The van der Waals surface area contributed by atoms with Crippen LogP contribution in [0.2, 0.25) is 0 Å². The largest absolute Gasteiger partial charge is 0.481 e. The number of benzene rings is 2. The van der Waals surface area contributed by atoms with Crippen LogP contribution in [0.4, 0.5) is 0 Å². The minimum absolute atomic E-state index is 0.181. The summed E-state index contributed by atoms with van der Waals surface area (Å²) in [6.07, 6.45) is 0.754. The number of carboxylic acids is 1. The second-order valence-electron chi connectivity index (χ2n) is 5.47. The molecule has 1 aliphatic rings. The molecule has 0 unspecified atom stereocenters. The molecule has 2 nitrogen and oxygen atoms in total. The number of rotatable bonds is 2. The summed E-state index contributed by atoms with van der Waals surface area (Å²) in [5, 5.41) is 8.95. The number of hydrogen-bond donors (Lipinski definition) is 1. The zero-order chi connectivity index (χ0) is 14.8. The number of aliphatic carboxylic acids is 1. The van der Waals surface area contributed by atoms with Crippen LogP contribution >= 0.6 is 0 Å². The summed E-state index contributed by atoms with van der Waals surface area (Å²) in [5.41, 5.74) is 4.26. The average Bonchev–Trinajstić information content (AvgIpc) is 3.28. The monoisotopic (exact) mass is 276 g/mol. The molecule has 1 N–H and O–H groups in total. The second-order valence-corrected chi connectivity index (χ2v) is 5.47. The molecule has 21 heavy (non-hydrogen) atoms. The first-order valence-corrected chi connectivity index (χ1v) is 7.05. The summed E-state index contributed by atoms with van der Waals surface area (Å²) in [6.45, 7) is 2.05. The van der Waals surface area contributed by atoms with Gasteiger partial charge in [0.05, 0.1) is 5.92 Å². The molecular weight excluding hydrogens is 260 g/mol. The topological polar surface area (TPSA) is 37.3 Å². The molecule has 2 heteroatoms. The van der Waals surface area contributed by atoms with Crippen LogP contribution in [0.3, 0.4) is 0 Å². The van der Waals surface area contributed by atoms with Crippen LogP contribution in [0.25, 0.3) is 0 Å². The van der Waals surface area contributed by atoms with E-state index in [2.05, 4.69) is 11.8 Å². The van der Waals surface area contributed by atoms with Crippen LogP contribution in [-0.2, 0) is 4.79 Å². The summed E-state index contributed by atoms with van der Waals surface area (Å²) >= 11 is 0. The molecular formula is C19H16O2. The Morgan fingerprint density at radius 1 is 1.10 bits per heavy atom. The highest BCUT2D eigenvalue weighted by Crippen LogP contribution is 2.47. The van der Waals surface area contributed by atoms with E-state index < -0.39 is 5.97 Å². The molecule has 0 amide bonds. The van der Waals surface area contributed by atoms with Gasteiger partial charge >= 0.3 is 5.97 Å². The molecule has 3 rings (SSSR count). The Morgan fingerprint density at radius 3 is 2.43 bits per heavy atom. The molecule has 1 saturated carbocycles. The molecule has 0 spiro atoms. The highest BCUT2D eigenvalue weighted by atomic mass is 16.4. The van der Waals surface area contributed by atoms with Gasteiger partial charge in [0.1, 0.15) is 0 Å². The Hall–Kier alpha value is -2.53. The van der Waals surface area contributed by atoms with Crippen molar-refractivity contribution in [2.24, 2.45) is 5.92 Å². The van der Waals surface area contributed by atoms with Crippen molar-refractivity contribution in [3.8, 4) is 11.8 Å². The highest BCUT2D eigenvalue weighted by Gasteiger charge is 2.43. The Kier molecular flexibility index (Phi) is 3.50. The van der Waals surface area contributed by atoms with Gasteiger partial charge in [0.15, 0.2) is 0 Å². The first-order chi connectivity index (χ1) is 10.1. The van der Waals surface area contributed by atoms with Gasteiger partial charge in [-0.2, -0.15) is 0 Å². The zero-order valence-corrected chi connectivity index (χ0v) is 11.8. The van der Waals surface area contributed by atoms with E-state index in [1.54, 1.807) is 0 Å². The van der Waals surface area contributed by atoms with Crippen molar-refractivity contribution < 1.29 is 9.90 Å². The van der Waals surface area contributed by atoms with E-state index in [0.29, 0.717) is 0 Å². The molecule has 0 saturated heterocycles. The lowest BCUT2D eigenvalue weighted by Crippen LogP contribution is -1.98. The molecule has 0 aliphatic heterocycles. The van der Waals surface area contributed by atoms with Crippen molar-refractivity contribution in [1.29, 1.82) is 0 Å². The van der Waals surface area contributed by atoms with E-state index in [1.807, 2.05) is 55.5 Å². The summed E-state index contributed by atoms with van der Waals surface area (Å²) in [6, 6.07) is 16.0. The number of hydrogen-bond acceptors (Lipinski definition) is 1. The van der Waals surface area contributed by atoms with Gasteiger partial charge in [0.25, 0.3) is 0 Å². The Balaban J connectivity index is 1.74. The maximum absolute atomic E-state index is 10.9. The standard InChI is InChI=1S/C19H16O2/c1-13-4-2-3-5-15(13)9-6-14-7-10-16(11-8-14)17-12-18(17)19(20)21/h2-5,7-8,10-11,17-18H,12H2,1H3,(H,20,21)/t17-,18+/m1/s1. The molecule has 2 aromatic carbocycles. The second kappa shape index (κ2) is 5.46. The molecule has 104 valence electrons. The lowest BCUT2D eigenvalue weighted by Gasteiger charge is -1.99. The van der Waals surface area contributed by atoms with Gasteiger partial charge in [0, 0.05) is 11.1 Å². The SMILES string of the molecule is Cc1ccccc1C#Cc1ccc([C@H]2C[C@@H]2C(=O)O)cc1. The summed E-state index contributed by atoms with van der Waals surface area (Å²) in [4.78, 5) is 10.9. The van der Waals surface area contributed by atoms with Gasteiger partial charge in [-0.25, -0.2) is 0 Å². The van der Waals surface area contributed by atoms with E-state index in [0.717, 1.165) is 23.1 Å². The van der Waals surface area contributed by atoms with Gasteiger partial charge in [-0.1, -0.05) is 42.2 Å². The smallest absolute Gasteiger partial charge is 0.307 e. The third-order valence-corrected chi connectivity index (χ3v) is 3.93. The molecule has 1 aliphatic carbocycles. The van der Waals surface area contributed by atoms with E-state index >= 15 is 0 Å². The molecule has 0 bridgehead atoms. The molecule has 0 heterocycles. The Morgan fingerprint density at radius 2 is 1.81 bits per heavy atom. The van der Waals surface area contributed by atoms with Crippen molar-refractivity contribution in [3.63, 3.8) is 0 Å². The van der Waals surface area contributed by atoms with Gasteiger partial charge in [-0.3, -0.25) is 4.79 Å². The van der Waals surface area contributed by atoms with Crippen LogP contribution in [0, 0.1) is 24.7 Å². The van der Waals surface area contributed by atoms with Gasteiger partial charge < -0.3 is 5.11 Å². The number of carbonyl (C=O) groups is 1. The summed E-state index contributed by atoms with van der Waals surface area (Å²) in [5.74, 6) is 5.62.